The van der Waals surface area contributed by atoms with Gasteiger partial charge in [-0.1, -0.05) is 0 Å². The van der Waals surface area contributed by atoms with Gasteiger partial charge in [-0.15, -0.1) is 0 Å². The molecule has 1 saturated heterocycles. The Morgan fingerprint density at radius 2 is 2.15 bits per heavy atom. The van der Waals surface area contributed by atoms with E-state index in [1.54, 1.807) is 20.8 Å². The fraction of sp³-hybridized carbons (Fsp3) is 0.692. The average Bonchev–Trinajstić information content (AvgIpc) is 2.34. The van der Waals surface area contributed by atoms with Crippen molar-refractivity contribution in [3.8, 4) is 0 Å². The van der Waals surface area contributed by atoms with Gasteiger partial charge in [0.15, 0.2) is 0 Å². The largest absolute Gasteiger partial charge is 0.444 e. The van der Waals surface area contributed by atoms with Crippen molar-refractivity contribution in [3.05, 3.63) is 11.9 Å². The number of nitrogens with two attached hydrogens (primary N) is 2. The number of aliphatic imine (C=N–C) groups is 1. The molecule has 1 aliphatic rings. The van der Waals surface area contributed by atoms with E-state index in [9.17, 15) is 9.18 Å². The molecule has 0 aromatic heterocycles. The van der Waals surface area contributed by atoms with Crippen molar-refractivity contribution in [3.63, 3.8) is 0 Å². The Bertz CT molecular complexity index is 404. The van der Waals surface area contributed by atoms with Crippen LogP contribution < -0.4 is 11.5 Å². The minimum atomic E-state index is -1.24. The molecule has 6 nitrogen and oxygen atoms in total. The van der Waals surface area contributed by atoms with E-state index in [1.165, 1.54) is 17.3 Å². The van der Waals surface area contributed by atoms with Crippen LogP contribution in [0.5, 0.6) is 0 Å². The Morgan fingerprint density at radius 1 is 1.50 bits per heavy atom. The predicted octanol–water partition coefficient (Wildman–Crippen LogP) is 1.16. The molecule has 114 valence electrons. The second-order valence-electron chi connectivity index (χ2n) is 5.74. The van der Waals surface area contributed by atoms with Crippen LogP contribution in [0.2, 0.25) is 0 Å². The lowest BCUT2D eigenvalue weighted by atomic mass is 10.0. The van der Waals surface area contributed by atoms with E-state index in [-0.39, 0.29) is 12.2 Å². The van der Waals surface area contributed by atoms with Crippen LogP contribution in [-0.4, -0.2) is 48.1 Å². The van der Waals surface area contributed by atoms with Crippen LogP contribution >= 0.6 is 0 Å². The van der Waals surface area contributed by atoms with Crippen molar-refractivity contribution >= 4 is 12.3 Å². The third-order valence-electron chi connectivity index (χ3n) is 2.77. The van der Waals surface area contributed by atoms with Crippen LogP contribution in [0.1, 0.15) is 27.2 Å². The first-order valence-electron chi connectivity index (χ1n) is 6.55. The maximum Gasteiger partial charge on any atom is 0.410 e. The molecule has 20 heavy (non-hydrogen) atoms. The molecule has 1 heterocycles. The molecule has 2 atom stereocenters. The van der Waals surface area contributed by atoms with Crippen LogP contribution in [0, 0.1) is 0 Å². The molecule has 0 bridgehead atoms. The molecular weight excluding hydrogens is 263 g/mol. The number of nitrogens with zero attached hydrogens (tertiary/aromatic N) is 2. The quantitative estimate of drug-likeness (QED) is 0.745. The van der Waals surface area contributed by atoms with Crippen molar-refractivity contribution in [2.75, 3.05) is 13.1 Å². The van der Waals surface area contributed by atoms with Gasteiger partial charge < -0.3 is 21.1 Å². The first kappa shape index (κ1) is 16.3. The zero-order valence-electron chi connectivity index (χ0n) is 12.2. The molecule has 0 spiro atoms. The Labute approximate surface area is 118 Å². The average molecular weight is 286 g/mol. The number of likely N-dealkylation sites (tertiary alicyclic amines) is 1. The van der Waals surface area contributed by atoms with Gasteiger partial charge in [-0.05, 0) is 27.2 Å². The third kappa shape index (κ3) is 5.07. The highest BCUT2D eigenvalue weighted by molar-refractivity contribution is 5.77. The number of amides is 1. The van der Waals surface area contributed by atoms with Gasteiger partial charge in [-0.3, -0.25) is 4.99 Å². The first-order valence-corrected chi connectivity index (χ1v) is 6.55. The lowest BCUT2D eigenvalue weighted by Crippen LogP contribution is -2.48. The number of carbonyl (C=O) groups excluding carboxylic acids is 1. The molecule has 0 saturated carbocycles. The van der Waals surface area contributed by atoms with Crippen molar-refractivity contribution in [2.24, 2.45) is 16.5 Å². The van der Waals surface area contributed by atoms with Crippen LogP contribution in [0.3, 0.4) is 0 Å². The lowest BCUT2D eigenvalue weighted by molar-refractivity contribution is 0.0117. The number of carbonyl (C=O) groups is 1. The van der Waals surface area contributed by atoms with E-state index in [1.807, 2.05) is 0 Å². The molecule has 1 aliphatic heterocycles. The van der Waals surface area contributed by atoms with E-state index in [0.29, 0.717) is 13.0 Å². The molecule has 2 unspecified atom stereocenters. The zero-order chi connectivity index (χ0) is 15.3. The molecule has 1 rings (SSSR count). The smallest absolute Gasteiger partial charge is 0.410 e. The second kappa shape index (κ2) is 6.58. The van der Waals surface area contributed by atoms with Crippen LogP contribution in [0.4, 0.5) is 9.18 Å². The topological polar surface area (TPSA) is 93.9 Å². The molecular formula is C13H23FN4O2. The molecule has 7 heteroatoms. The van der Waals surface area contributed by atoms with Crippen LogP contribution in [0.15, 0.2) is 16.9 Å². The summed E-state index contributed by atoms with van der Waals surface area (Å²) in [5.74, 6) is 0. The molecule has 1 amide bonds. The minimum absolute atomic E-state index is 0.0246. The molecule has 0 aromatic rings. The Hall–Kier alpha value is -1.79. The Kier molecular flexibility index (Phi) is 5.35. The second-order valence-corrected chi connectivity index (χ2v) is 5.74. The van der Waals surface area contributed by atoms with Crippen molar-refractivity contribution in [1.29, 1.82) is 0 Å². The number of hydrogen-bond acceptors (Lipinski definition) is 5. The highest BCUT2D eigenvalue weighted by Gasteiger charge is 2.33. The summed E-state index contributed by atoms with van der Waals surface area (Å²) in [6, 6.07) is -0.507. The maximum atomic E-state index is 14.0. The van der Waals surface area contributed by atoms with E-state index < -0.39 is 23.9 Å². The number of alkyl halides is 1. The summed E-state index contributed by atoms with van der Waals surface area (Å²) < 4.78 is 19.2. The van der Waals surface area contributed by atoms with E-state index in [0.717, 1.165) is 0 Å². The van der Waals surface area contributed by atoms with Crippen molar-refractivity contribution in [2.45, 2.75) is 45.0 Å². The predicted molar refractivity (Wildman–Crippen MR) is 76.1 cm³/mol. The summed E-state index contributed by atoms with van der Waals surface area (Å²) in [6.45, 7) is 5.71. The Morgan fingerprint density at radius 3 is 2.65 bits per heavy atom. The Balaban J connectivity index is 2.55. The molecule has 0 aromatic carbocycles. The first-order chi connectivity index (χ1) is 9.23. The normalized spacial score (nSPS) is 25.0. The fourth-order valence-corrected chi connectivity index (χ4v) is 1.78. The standard InChI is InChI=1S/C13H23FN4O2/c1-13(2,3)20-12(19)18-5-4-11(10(14)8-18)17-7-9(16)6-15/h6-7,10-11H,4-5,8,15-16H2,1-3H3. The summed E-state index contributed by atoms with van der Waals surface area (Å²) >= 11 is 0. The summed E-state index contributed by atoms with van der Waals surface area (Å²) in [5, 5.41) is 0. The number of allylic oxidation sites excluding steroid dienone is 1. The van der Waals surface area contributed by atoms with Crippen molar-refractivity contribution < 1.29 is 13.9 Å². The maximum absolute atomic E-state index is 14.0. The minimum Gasteiger partial charge on any atom is -0.444 e. The van der Waals surface area contributed by atoms with Crippen LogP contribution in [-0.2, 0) is 4.74 Å². The highest BCUT2D eigenvalue weighted by Crippen LogP contribution is 2.19. The van der Waals surface area contributed by atoms with Gasteiger partial charge in [0.05, 0.1) is 18.3 Å². The number of rotatable bonds is 2. The van der Waals surface area contributed by atoms with Gasteiger partial charge in [0.2, 0.25) is 0 Å². The SMILES string of the molecule is CC(C)(C)OC(=O)N1CCC(N=CC(N)=CN)C(F)C1. The van der Waals surface area contributed by atoms with Gasteiger partial charge in [-0.2, -0.15) is 0 Å². The molecule has 4 N–H and O–H groups in total. The number of ether oxygens (including phenoxy) is 1. The summed E-state index contributed by atoms with van der Waals surface area (Å²) in [4.78, 5) is 17.2. The molecule has 1 fully saturated rings. The fourth-order valence-electron chi connectivity index (χ4n) is 1.78. The van der Waals surface area contributed by atoms with Gasteiger partial charge in [0.1, 0.15) is 11.8 Å². The summed E-state index contributed by atoms with van der Waals surface area (Å²) in [5.41, 5.74) is 10.4. The van der Waals surface area contributed by atoms with Gasteiger partial charge >= 0.3 is 6.09 Å². The van der Waals surface area contributed by atoms with Crippen molar-refractivity contribution in [1.82, 2.24) is 4.90 Å². The monoisotopic (exact) mass is 286 g/mol. The number of hydrogen-bond donors (Lipinski definition) is 2. The summed E-state index contributed by atoms with van der Waals surface area (Å²) in [6.07, 6.45) is 1.24. The van der Waals surface area contributed by atoms with E-state index in [4.69, 9.17) is 16.2 Å². The molecule has 0 aliphatic carbocycles. The highest BCUT2D eigenvalue weighted by atomic mass is 19.1. The van der Waals surface area contributed by atoms with Gasteiger partial charge in [-0.25, -0.2) is 9.18 Å². The zero-order valence-corrected chi connectivity index (χ0v) is 12.2. The third-order valence-corrected chi connectivity index (χ3v) is 2.77. The lowest BCUT2D eigenvalue weighted by Gasteiger charge is -2.34. The van der Waals surface area contributed by atoms with Gasteiger partial charge in [0, 0.05) is 19.0 Å². The van der Waals surface area contributed by atoms with Gasteiger partial charge in [0.25, 0.3) is 0 Å². The number of halogens is 1. The number of piperidine rings is 1. The van der Waals surface area contributed by atoms with E-state index in [2.05, 4.69) is 4.99 Å². The van der Waals surface area contributed by atoms with E-state index >= 15 is 0 Å². The summed E-state index contributed by atoms with van der Waals surface area (Å²) in [7, 11) is 0. The molecule has 0 radical (unpaired) electrons. The van der Waals surface area contributed by atoms with Crippen LogP contribution in [0.25, 0.3) is 0 Å².